The standard InChI is InChI=1S/C35H36N2O11/c1-22-20-37(32(44)36-30(22)41)35(34(45-2,46-3)29(27(21-38)48-35)47-26(31(42)43)19-28(39)40)33(23-13-7-4-8-14-23,24-15-9-5-10-16-24)25-17-11-6-12-18-25/h4-18,20,26-27,29,38H,19,21H2,1-3H3,(H,39,40)(H,42,43)(H,36,41,44)/t26?,27-,29-,35-/m1/s1. The van der Waals surface area contributed by atoms with Crippen LogP contribution in [-0.2, 0) is 39.7 Å². The van der Waals surface area contributed by atoms with E-state index in [1.165, 1.54) is 27.3 Å². The van der Waals surface area contributed by atoms with Crippen LogP contribution in [0.1, 0.15) is 28.7 Å². The molecule has 4 aromatic rings. The average molecular weight is 661 g/mol. The molecule has 3 aromatic carbocycles. The van der Waals surface area contributed by atoms with Crippen molar-refractivity contribution in [3.8, 4) is 0 Å². The van der Waals surface area contributed by atoms with Gasteiger partial charge in [0.15, 0.2) is 6.10 Å². The first kappa shape index (κ1) is 34.4. The van der Waals surface area contributed by atoms with Gasteiger partial charge in [-0.2, -0.15) is 0 Å². The van der Waals surface area contributed by atoms with E-state index in [4.69, 9.17) is 18.9 Å². The fourth-order valence-electron chi connectivity index (χ4n) is 6.94. The molecule has 2 heterocycles. The Bertz CT molecular complexity index is 1760. The van der Waals surface area contributed by atoms with Crippen LogP contribution in [0, 0.1) is 6.92 Å². The van der Waals surface area contributed by atoms with Crippen molar-refractivity contribution in [3.05, 3.63) is 140 Å². The monoisotopic (exact) mass is 660 g/mol. The molecule has 4 atom stereocenters. The minimum Gasteiger partial charge on any atom is -0.481 e. The van der Waals surface area contributed by atoms with Gasteiger partial charge in [0.2, 0.25) is 11.5 Å². The average Bonchev–Trinajstić information content (AvgIpc) is 3.37. The van der Waals surface area contributed by atoms with Crippen LogP contribution >= 0.6 is 0 Å². The SMILES string of the molecule is COC1(OC)[C@H](OC(CC(=O)O)C(=O)O)[C@@H](CO)O[C@]1(n1cc(C)c(=O)[nH]c1=O)C(c1ccccc1)(c1ccccc1)c1ccccc1. The van der Waals surface area contributed by atoms with Gasteiger partial charge >= 0.3 is 17.6 Å². The summed E-state index contributed by atoms with van der Waals surface area (Å²) in [6.07, 6.45) is -4.82. The maximum Gasteiger partial charge on any atom is 0.333 e. The Labute approximate surface area is 274 Å². The van der Waals surface area contributed by atoms with Crippen molar-refractivity contribution in [2.45, 2.75) is 48.6 Å². The number of carboxylic acids is 2. The zero-order chi connectivity index (χ0) is 34.7. The molecular formula is C35H36N2O11. The van der Waals surface area contributed by atoms with Crippen molar-refractivity contribution in [1.29, 1.82) is 0 Å². The predicted molar refractivity (Wildman–Crippen MR) is 170 cm³/mol. The topological polar surface area (TPSA) is 187 Å². The van der Waals surface area contributed by atoms with Crippen LogP contribution < -0.4 is 11.2 Å². The van der Waals surface area contributed by atoms with Gasteiger partial charge in [-0.25, -0.2) is 9.59 Å². The number of rotatable bonds is 13. The number of benzene rings is 3. The van der Waals surface area contributed by atoms with Crippen LogP contribution in [0.25, 0.3) is 0 Å². The molecular weight excluding hydrogens is 624 g/mol. The number of aromatic amines is 1. The number of aliphatic hydroxyl groups excluding tert-OH is 1. The third-order valence-electron chi connectivity index (χ3n) is 8.83. The van der Waals surface area contributed by atoms with Crippen molar-refractivity contribution in [1.82, 2.24) is 9.55 Å². The van der Waals surface area contributed by atoms with Gasteiger partial charge in [0.05, 0.1) is 18.4 Å². The number of carboxylic acid groups (broad SMARTS) is 2. The summed E-state index contributed by atoms with van der Waals surface area (Å²) in [5, 5.41) is 30.5. The van der Waals surface area contributed by atoms with E-state index < -0.39 is 71.5 Å². The highest BCUT2D eigenvalue weighted by Gasteiger charge is 2.79. The highest BCUT2D eigenvalue weighted by atomic mass is 16.8. The Kier molecular flexibility index (Phi) is 9.80. The van der Waals surface area contributed by atoms with Crippen molar-refractivity contribution >= 4 is 11.9 Å². The van der Waals surface area contributed by atoms with Gasteiger partial charge in [-0.3, -0.25) is 19.1 Å². The number of nitrogens with one attached hydrogen (secondary N) is 1. The number of hydrogen-bond donors (Lipinski definition) is 4. The van der Waals surface area contributed by atoms with Crippen molar-refractivity contribution in [2.75, 3.05) is 20.8 Å². The molecule has 1 unspecified atom stereocenters. The van der Waals surface area contributed by atoms with Gasteiger partial charge in [0, 0.05) is 26.0 Å². The molecule has 1 fully saturated rings. The van der Waals surface area contributed by atoms with Crippen LogP contribution in [0.3, 0.4) is 0 Å². The van der Waals surface area contributed by atoms with E-state index in [1.54, 1.807) is 91.0 Å². The molecule has 252 valence electrons. The summed E-state index contributed by atoms with van der Waals surface area (Å²) in [5.41, 5.74) is -3.93. The van der Waals surface area contributed by atoms with Crippen molar-refractivity contribution in [3.63, 3.8) is 0 Å². The predicted octanol–water partition coefficient (Wildman–Crippen LogP) is 2.23. The lowest BCUT2D eigenvalue weighted by Gasteiger charge is -2.55. The summed E-state index contributed by atoms with van der Waals surface area (Å²) < 4.78 is 26.7. The molecule has 13 nitrogen and oxygen atoms in total. The van der Waals surface area contributed by atoms with E-state index in [2.05, 4.69) is 4.98 Å². The first-order chi connectivity index (χ1) is 23.0. The van der Waals surface area contributed by atoms with Crippen molar-refractivity contribution in [2.24, 2.45) is 0 Å². The Morgan fingerprint density at radius 3 is 1.77 bits per heavy atom. The number of aliphatic hydroxyl groups is 1. The van der Waals surface area contributed by atoms with Crippen LogP contribution in [0.2, 0.25) is 0 Å². The quantitative estimate of drug-likeness (QED) is 0.122. The Morgan fingerprint density at radius 2 is 1.38 bits per heavy atom. The first-order valence-corrected chi connectivity index (χ1v) is 15.0. The second kappa shape index (κ2) is 13.7. The lowest BCUT2D eigenvalue weighted by Crippen LogP contribution is -2.72. The first-order valence-electron chi connectivity index (χ1n) is 15.0. The number of ether oxygens (including phenoxy) is 4. The minimum absolute atomic E-state index is 0.0981. The molecule has 0 bridgehead atoms. The molecule has 0 radical (unpaired) electrons. The van der Waals surface area contributed by atoms with E-state index in [0.29, 0.717) is 16.7 Å². The number of aryl methyl sites for hydroxylation is 1. The molecule has 5 rings (SSSR count). The number of hydrogen-bond acceptors (Lipinski definition) is 9. The summed E-state index contributed by atoms with van der Waals surface area (Å²) in [4.78, 5) is 53.5. The van der Waals surface area contributed by atoms with Crippen LogP contribution in [-0.4, -0.2) is 81.7 Å². The highest BCUT2D eigenvalue weighted by molar-refractivity contribution is 5.79. The van der Waals surface area contributed by atoms with E-state index in [0.717, 1.165) is 4.57 Å². The molecule has 48 heavy (non-hydrogen) atoms. The highest BCUT2D eigenvalue weighted by Crippen LogP contribution is 2.62. The van der Waals surface area contributed by atoms with Crippen LogP contribution in [0.15, 0.2) is 107 Å². The third kappa shape index (κ3) is 5.25. The minimum atomic E-state index is -2.36. The van der Waals surface area contributed by atoms with E-state index in [-0.39, 0.29) is 5.56 Å². The van der Waals surface area contributed by atoms with Gasteiger partial charge < -0.3 is 34.3 Å². The zero-order valence-electron chi connectivity index (χ0n) is 26.4. The Balaban J connectivity index is 2.07. The Hall–Kier alpha value is -4.92. The molecule has 1 aliphatic rings. The maximum absolute atomic E-state index is 14.3. The smallest absolute Gasteiger partial charge is 0.333 e. The number of aliphatic carboxylic acids is 2. The molecule has 13 heteroatoms. The second-order valence-electron chi connectivity index (χ2n) is 11.3. The number of H-pyrrole nitrogens is 1. The summed E-state index contributed by atoms with van der Waals surface area (Å²) >= 11 is 0. The van der Waals surface area contributed by atoms with Gasteiger partial charge in [0.1, 0.15) is 12.2 Å². The van der Waals surface area contributed by atoms with E-state index in [1.807, 2.05) is 0 Å². The molecule has 1 saturated heterocycles. The number of carbonyl (C=O) groups is 2. The second-order valence-corrected chi connectivity index (χ2v) is 11.3. The van der Waals surface area contributed by atoms with Gasteiger partial charge in [-0.05, 0) is 23.6 Å². The lowest BCUT2D eigenvalue weighted by molar-refractivity contribution is -0.345. The fourth-order valence-corrected chi connectivity index (χ4v) is 6.94. The van der Waals surface area contributed by atoms with Gasteiger partial charge in [0.25, 0.3) is 5.56 Å². The van der Waals surface area contributed by atoms with Crippen LogP contribution in [0.4, 0.5) is 0 Å². The number of aromatic nitrogens is 2. The molecule has 0 saturated carbocycles. The molecule has 0 amide bonds. The number of methoxy groups -OCH3 is 2. The Morgan fingerprint density at radius 1 is 0.896 bits per heavy atom. The lowest BCUT2D eigenvalue weighted by atomic mass is 9.59. The molecule has 0 aliphatic carbocycles. The normalized spacial score (nSPS) is 21.1. The summed E-state index contributed by atoms with van der Waals surface area (Å²) in [6, 6.07) is 26.9. The summed E-state index contributed by atoms with van der Waals surface area (Å²) in [5.74, 6) is -5.43. The summed E-state index contributed by atoms with van der Waals surface area (Å²) in [6.45, 7) is 0.671. The number of nitrogens with zero attached hydrogens (tertiary/aromatic N) is 1. The molecule has 1 aliphatic heterocycles. The maximum atomic E-state index is 14.3. The fraction of sp³-hybridized carbons (Fsp3) is 0.314. The molecule has 1 aromatic heterocycles. The largest absolute Gasteiger partial charge is 0.481 e. The van der Waals surface area contributed by atoms with Crippen LogP contribution in [0.5, 0.6) is 0 Å². The summed E-state index contributed by atoms with van der Waals surface area (Å²) in [7, 11) is 2.47. The van der Waals surface area contributed by atoms with Gasteiger partial charge in [-0.1, -0.05) is 91.0 Å². The van der Waals surface area contributed by atoms with Crippen molar-refractivity contribution < 1.29 is 43.9 Å². The third-order valence-corrected chi connectivity index (χ3v) is 8.83. The van der Waals surface area contributed by atoms with Gasteiger partial charge in [-0.15, -0.1) is 0 Å². The van der Waals surface area contributed by atoms with E-state index in [9.17, 15) is 34.5 Å². The molecule has 4 N–H and O–H groups in total. The zero-order valence-corrected chi connectivity index (χ0v) is 26.4. The van der Waals surface area contributed by atoms with E-state index >= 15 is 0 Å². The molecule has 0 spiro atoms.